The van der Waals surface area contributed by atoms with Crippen LogP contribution in [0, 0.1) is 0 Å². The fourth-order valence-electron chi connectivity index (χ4n) is 0.772. The van der Waals surface area contributed by atoms with Gasteiger partial charge in [0.15, 0.2) is 0 Å². The predicted molar refractivity (Wildman–Crippen MR) is 48.2 cm³/mol. The van der Waals surface area contributed by atoms with Gasteiger partial charge < -0.3 is 15.4 Å². The van der Waals surface area contributed by atoms with Crippen molar-refractivity contribution in [2.24, 2.45) is 0 Å². The van der Waals surface area contributed by atoms with Gasteiger partial charge in [0.1, 0.15) is 0 Å². The molecule has 0 aromatic rings. The molecule has 0 rings (SSSR count). The molecule has 0 fully saturated rings. The first-order valence-electron chi connectivity index (χ1n) is 4.32. The van der Waals surface area contributed by atoms with E-state index >= 15 is 0 Å². The van der Waals surface area contributed by atoms with Crippen LogP contribution in [0.1, 0.15) is 20.8 Å². The molecule has 0 aromatic heterocycles. The van der Waals surface area contributed by atoms with Gasteiger partial charge in [-0.2, -0.15) is 0 Å². The maximum Gasteiger partial charge on any atom is 0.315 e. The highest BCUT2D eigenvalue weighted by molar-refractivity contribution is 5.74. The quantitative estimate of drug-likeness (QED) is 0.645. The van der Waals surface area contributed by atoms with Gasteiger partial charge in [0.2, 0.25) is 0 Å². The lowest BCUT2D eigenvalue weighted by atomic mass is 10.4. The van der Waals surface area contributed by atoms with E-state index in [1.165, 1.54) is 0 Å². The summed E-state index contributed by atoms with van der Waals surface area (Å²) in [7, 11) is 0. The number of carbonyl (C=O) groups is 1. The van der Waals surface area contributed by atoms with Crippen molar-refractivity contribution in [1.29, 1.82) is 0 Å². The topological polar surface area (TPSA) is 50.4 Å². The van der Waals surface area contributed by atoms with Gasteiger partial charge >= 0.3 is 6.03 Å². The average Bonchev–Trinajstić information content (AvgIpc) is 2.01. The van der Waals surface area contributed by atoms with Crippen LogP contribution >= 0.6 is 0 Å². The molecule has 0 aliphatic carbocycles. The van der Waals surface area contributed by atoms with Gasteiger partial charge in [-0.25, -0.2) is 4.79 Å². The normalized spacial score (nSPS) is 12.2. The largest absolute Gasteiger partial charge is 0.380 e. The molecule has 0 aliphatic heterocycles. The van der Waals surface area contributed by atoms with Crippen molar-refractivity contribution in [3.8, 4) is 0 Å². The lowest BCUT2D eigenvalue weighted by molar-refractivity contribution is 0.128. The number of nitrogens with one attached hydrogen (secondary N) is 2. The number of urea groups is 1. The first kappa shape index (κ1) is 11.2. The van der Waals surface area contributed by atoms with E-state index in [0.717, 1.165) is 0 Å². The Balaban J connectivity index is 3.40. The molecule has 4 nitrogen and oxygen atoms in total. The summed E-state index contributed by atoms with van der Waals surface area (Å²) < 4.78 is 5.13. The Bertz CT molecular complexity index is 128. The Hall–Kier alpha value is -0.770. The SMILES string of the molecule is CCNC(=O)NC(C)COCC. The van der Waals surface area contributed by atoms with Crippen molar-refractivity contribution < 1.29 is 9.53 Å². The molecule has 2 N–H and O–H groups in total. The second-order valence-electron chi connectivity index (χ2n) is 2.56. The molecule has 72 valence electrons. The summed E-state index contributed by atoms with van der Waals surface area (Å²) in [6.45, 7) is 7.61. The van der Waals surface area contributed by atoms with Crippen LogP contribution in [0.3, 0.4) is 0 Å². The minimum absolute atomic E-state index is 0.0662. The van der Waals surface area contributed by atoms with Crippen LogP contribution in [-0.4, -0.2) is 31.8 Å². The van der Waals surface area contributed by atoms with Gasteiger partial charge in [-0.05, 0) is 20.8 Å². The molecule has 0 radical (unpaired) electrons. The van der Waals surface area contributed by atoms with Crippen molar-refractivity contribution in [3.63, 3.8) is 0 Å². The molecule has 0 bridgehead atoms. The fourth-order valence-corrected chi connectivity index (χ4v) is 0.772. The summed E-state index contributed by atoms with van der Waals surface area (Å²) in [5.41, 5.74) is 0. The first-order valence-corrected chi connectivity index (χ1v) is 4.32. The van der Waals surface area contributed by atoms with Crippen molar-refractivity contribution >= 4 is 6.03 Å². The van der Waals surface area contributed by atoms with Crippen LogP contribution in [-0.2, 0) is 4.74 Å². The molecule has 0 aliphatic rings. The second-order valence-corrected chi connectivity index (χ2v) is 2.56. The van der Waals surface area contributed by atoms with E-state index in [2.05, 4.69) is 10.6 Å². The summed E-state index contributed by atoms with van der Waals surface area (Å²) in [5, 5.41) is 5.39. The van der Waals surface area contributed by atoms with E-state index in [9.17, 15) is 4.79 Å². The van der Waals surface area contributed by atoms with Crippen LogP contribution in [0.4, 0.5) is 4.79 Å². The highest BCUT2D eigenvalue weighted by atomic mass is 16.5. The van der Waals surface area contributed by atoms with E-state index in [-0.39, 0.29) is 12.1 Å². The molecule has 2 amide bonds. The zero-order valence-corrected chi connectivity index (χ0v) is 8.02. The Morgan fingerprint density at radius 2 is 2.17 bits per heavy atom. The van der Waals surface area contributed by atoms with Gasteiger partial charge in [0.05, 0.1) is 12.6 Å². The molecule has 1 unspecified atom stereocenters. The van der Waals surface area contributed by atoms with E-state index in [1.54, 1.807) is 0 Å². The Morgan fingerprint density at radius 3 is 2.67 bits per heavy atom. The van der Waals surface area contributed by atoms with Gasteiger partial charge in [0, 0.05) is 13.2 Å². The Kier molecular flexibility index (Phi) is 6.47. The molecule has 1 atom stereocenters. The second kappa shape index (κ2) is 6.91. The monoisotopic (exact) mass is 174 g/mol. The highest BCUT2D eigenvalue weighted by Gasteiger charge is 2.04. The standard InChI is InChI=1S/C8H18N2O2/c1-4-9-8(11)10-7(3)6-12-5-2/h7H,4-6H2,1-3H3,(H2,9,10,11). The zero-order chi connectivity index (χ0) is 9.40. The van der Waals surface area contributed by atoms with Gasteiger partial charge in [-0.15, -0.1) is 0 Å². The third-order valence-electron chi connectivity index (χ3n) is 1.29. The molecule has 12 heavy (non-hydrogen) atoms. The number of carbonyl (C=O) groups excluding carboxylic acids is 1. The van der Waals surface area contributed by atoms with E-state index in [4.69, 9.17) is 4.74 Å². The minimum atomic E-state index is -0.135. The van der Waals surface area contributed by atoms with Gasteiger partial charge in [-0.1, -0.05) is 0 Å². The molecular weight excluding hydrogens is 156 g/mol. The third-order valence-corrected chi connectivity index (χ3v) is 1.29. The fraction of sp³-hybridized carbons (Fsp3) is 0.875. The summed E-state index contributed by atoms with van der Waals surface area (Å²) >= 11 is 0. The first-order chi connectivity index (χ1) is 5.70. The average molecular weight is 174 g/mol. The minimum Gasteiger partial charge on any atom is -0.380 e. The molecule has 4 heteroatoms. The van der Waals surface area contributed by atoms with Gasteiger partial charge in [0.25, 0.3) is 0 Å². The molecule has 0 saturated heterocycles. The number of hydrogen-bond acceptors (Lipinski definition) is 2. The summed E-state index contributed by atoms with van der Waals surface area (Å²) in [4.78, 5) is 10.9. The maximum absolute atomic E-state index is 10.9. The summed E-state index contributed by atoms with van der Waals surface area (Å²) in [5.74, 6) is 0. The predicted octanol–water partition coefficient (Wildman–Crippen LogP) is 0.730. The highest BCUT2D eigenvalue weighted by Crippen LogP contribution is 1.83. The number of amides is 2. The Morgan fingerprint density at radius 1 is 1.50 bits per heavy atom. The lowest BCUT2D eigenvalue weighted by Crippen LogP contribution is -2.42. The van der Waals surface area contributed by atoms with Gasteiger partial charge in [-0.3, -0.25) is 0 Å². The number of hydrogen-bond donors (Lipinski definition) is 2. The van der Waals surface area contributed by atoms with Crippen molar-refractivity contribution in [2.45, 2.75) is 26.8 Å². The summed E-state index contributed by atoms with van der Waals surface area (Å²) in [6.07, 6.45) is 0. The van der Waals surface area contributed by atoms with Crippen LogP contribution in [0.25, 0.3) is 0 Å². The van der Waals surface area contributed by atoms with Crippen LogP contribution < -0.4 is 10.6 Å². The molecule has 0 aromatic carbocycles. The molecular formula is C8H18N2O2. The molecule has 0 saturated carbocycles. The van der Waals surface area contributed by atoms with E-state index in [1.807, 2.05) is 20.8 Å². The smallest absolute Gasteiger partial charge is 0.315 e. The van der Waals surface area contributed by atoms with Crippen molar-refractivity contribution in [3.05, 3.63) is 0 Å². The third kappa shape index (κ3) is 5.97. The van der Waals surface area contributed by atoms with Crippen molar-refractivity contribution in [2.75, 3.05) is 19.8 Å². The van der Waals surface area contributed by atoms with Crippen LogP contribution in [0.5, 0.6) is 0 Å². The summed E-state index contributed by atoms with van der Waals surface area (Å²) in [6, 6.07) is -0.0683. The van der Waals surface area contributed by atoms with Crippen LogP contribution in [0.2, 0.25) is 0 Å². The Labute approximate surface area is 73.7 Å². The number of rotatable bonds is 5. The number of ether oxygens (including phenoxy) is 1. The van der Waals surface area contributed by atoms with Crippen molar-refractivity contribution in [1.82, 2.24) is 10.6 Å². The molecule has 0 heterocycles. The maximum atomic E-state index is 10.9. The van der Waals surface area contributed by atoms with E-state index in [0.29, 0.717) is 19.8 Å². The lowest BCUT2D eigenvalue weighted by Gasteiger charge is -2.13. The zero-order valence-electron chi connectivity index (χ0n) is 8.02. The molecule has 0 spiro atoms. The van der Waals surface area contributed by atoms with Crippen LogP contribution in [0.15, 0.2) is 0 Å². The van der Waals surface area contributed by atoms with E-state index < -0.39 is 0 Å².